The van der Waals surface area contributed by atoms with Gasteiger partial charge in [-0.2, -0.15) is 0 Å². The lowest BCUT2D eigenvalue weighted by Crippen LogP contribution is -2.10. The van der Waals surface area contributed by atoms with Crippen LogP contribution in [0, 0.1) is 0 Å². The van der Waals surface area contributed by atoms with Gasteiger partial charge in [0.05, 0.1) is 16.1 Å². The van der Waals surface area contributed by atoms with E-state index in [2.05, 4.69) is 20.8 Å². The molecule has 3 aromatic carbocycles. The summed E-state index contributed by atoms with van der Waals surface area (Å²) in [7, 11) is 0. The molecule has 156 valence electrons. The van der Waals surface area contributed by atoms with Crippen molar-refractivity contribution in [2.24, 2.45) is 0 Å². The molecule has 0 aliphatic carbocycles. The molecule has 0 aromatic heterocycles. The quantitative estimate of drug-likeness (QED) is 0.270. The van der Waals surface area contributed by atoms with E-state index in [-0.39, 0.29) is 28.3 Å². The number of ketones is 1. The molecule has 0 spiro atoms. The van der Waals surface area contributed by atoms with E-state index in [1.54, 1.807) is 42.5 Å². The average molecular weight is 433 g/mol. The lowest BCUT2D eigenvalue weighted by molar-refractivity contribution is 0.0734. The maximum Gasteiger partial charge on any atom is 0.345 e. The van der Waals surface area contributed by atoms with Crippen LogP contribution in [0.2, 0.25) is 5.02 Å². The van der Waals surface area contributed by atoms with E-state index in [4.69, 9.17) is 21.1 Å². The van der Waals surface area contributed by atoms with Gasteiger partial charge in [-0.25, -0.2) is 4.79 Å². The molecule has 0 unspecified atom stereocenters. The molecule has 5 heteroatoms. The number of ether oxygens (including phenoxy) is 2. The maximum atomic E-state index is 12.7. The molecule has 4 nitrogen and oxygen atoms in total. The number of rotatable bonds is 3. The van der Waals surface area contributed by atoms with Gasteiger partial charge in [0.15, 0.2) is 5.76 Å². The summed E-state index contributed by atoms with van der Waals surface area (Å²) in [5, 5.41) is 0.308. The minimum absolute atomic E-state index is 0.0550. The highest BCUT2D eigenvalue weighted by atomic mass is 35.5. The highest BCUT2D eigenvalue weighted by molar-refractivity contribution is 6.33. The van der Waals surface area contributed by atoms with Crippen molar-refractivity contribution in [3.8, 4) is 11.5 Å². The van der Waals surface area contributed by atoms with E-state index < -0.39 is 5.97 Å². The molecular weight excluding hydrogens is 412 g/mol. The lowest BCUT2D eigenvalue weighted by atomic mass is 9.86. The summed E-state index contributed by atoms with van der Waals surface area (Å²) in [6, 6.07) is 19.4. The lowest BCUT2D eigenvalue weighted by Gasteiger charge is -2.18. The molecule has 0 amide bonds. The summed E-state index contributed by atoms with van der Waals surface area (Å²) in [4.78, 5) is 25.1. The summed E-state index contributed by atoms with van der Waals surface area (Å²) in [5.41, 5.74) is 2.83. The number of halogens is 1. The number of Topliss-reactive ketones (excluding diaryl/α,β-unsaturated/α-hetero) is 1. The number of hydrogen-bond acceptors (Lipinski definition) is 4. The van der Waals surface area contributed by atoms with Crippen LogP contribution in [-0.2, 0) is 5.41 Å². The van der Waals surface area contributed by atoms with E-state index in [0.29, 0.717) is 16.3 Å². The van der Waals surface area contributed by atoms with Gasteiger partial charge in [-0.3, -0.25) is 4.79 Å². The Morgan fingerprint density at radius 2 is 1.71 bits per heavy atom. The molecule has 3 aromatic rings. The standard InChI is InChI=1S/C26H21ClO4/c1-26(2,3)17-10-8-16(9-11-17)14-23-24(28)20-13-12-18(15-22(20)31-23)30-25(29)19-6-4-5-7-21(19)27/h4-15H,1-3H3/b23-14-. The third kappa shape index (κ3) is 4.39. The van der Waals surface area contributed by atoms with E-state index in [1.165, 1.54) is 11.6 Å². The third-order valence-electron chi connectivity index (χ3n) is 5.02. The van der Waals surface area contributed by atoms with Crippen LogP contribution in [0.3, 0.4) is 0 Å². The zero-order valence-corrected chi connectivity index (χ0v) is 18.2. The molecule has 1 aliphatic heterocycles. The summed E-state index contributed by atoms with van der Waals surface area (Å²) in [6.07, 6.45) is 1.71. The first-order chi connectivity index (χ1) is 14.7. The molecule has 0 radical (unpaired) electrons. The van der Waals surface area contributed by atoms with E-state index in [1.807, 2.05) is 24.3 Å². The topological polar surface area (TPSA) is 52.6 Å². The van der Waals surface area contributed by atoms with Gasteiger partial charge in [-0.1, -0.05) is 68.8 Å². The first-order valence-corrected chi connectivity index (χ1v) is 10.3. The van der Waals surface area contributed by atoms with Gasteiger partial charge in [-0.05, 0) is 46.9 Å². The first-order valence-electron chi connectivity index (χ1n) is 9.88. The second-order valence-corrected chi connectivity index (χ2v) is 8.75. The number of fused-ring (bicyclic) bond motifs is 1. The molecule has 0 bridgehead atoms. The Morgan fingerprint density at radius 3 is 2.39 bits per heavy atom. The Bertz CT molecular complexity index is 1200. The van der Waals surface area contributed by atoms with Gasteiger partial charge in [0.2, 0.25) is 5.78 Å². The smallest absolute Gasteiger partial charge is 0.345 e. The van der Waals surface area contributed by atoms with Gasteiger partial charge in [-0.15, -0.1) is 0 Å². The van der Waals surface area contributed by atoms with Crippen LogP contribution in [0.5, 0.6) is 11.5 Å². The van der Waals surface area contributed by atoms with Crippen LogP contribution in [0.4, 0.5) is 0 Å². The van der Waals surface area contributed by atoms with Gasteiger partial charge in [0.25, 0.3) is 0 Å². The Morgan fingerprint density at radius 1 is 1.00 bits per heavy atom. The normalized spacial score (nSPS) is 14.3. The van der Waals surface area contributed by atoms with Gasteiger partial charge < -0.3 is 9.47 Å². The number of carbonyl (C=O) groups is 2. The van der Waals surface area contributed by atoms with Crippen LogP contribution < -0.4 is 9.47 Å². The fraction of sp³-hybridized carbons (Fsp3) is 0.154. The molecule has 0 N–H and O–H groups in total. The zero-order chi connectivity index (χ0) is 22.2. The Kier molecular flexibility index (Phi) is 5.42. The summed E-state index contributed by atoms with van der Waals surface area (Å²) >= 11 is 6.05. The second-order valence-electron chi connectivity index (χ2n) is 8.34. The first kappa shape index (κ1) is 20.9. The molecule has 1 aliphatic rings. The second kappa shape index (κ2) is 8.05. The predicted molar refractivity (Wildman–Crippen MR) is 121 cm³/mol. The monoisotopic (exact) mass is 432 g/mol. The largest absolute Gasteiger partial charge is 0.452 e. The summed E-state index contributed by atoms with van der Waals surface area (Å²) < 4.78 is 11.2. The molecule has 1 heterocycles. The van der Waals surface area contributed by atoms with Crippen molar-refractivity contribution in [2.45, 2.75) is 26.2 Å². The third-order valence-corrected chi connectivity index (χ3v) is 5.35. The Balaban J connectivity index is 1.53. The number of benzene rings is 3. The van der Waals surface area contributed by atoms with E-state index in [9.17, 15) is 9.59 Å². The van der Waals surface area contributed by atoms with Crippen LogP contribution in [0.1, 0.15) is 52.6 Å². The van der Waals surface area contributed by atoms with E-state index >= 15 is 0 Å². The van der Waals surface area contributed by atoms with Crippen molar-refractivity contribution in [1.82, 2.24) is 0 Å². The van der Waals surface area contributed by atoms with Gasteiger partial charge in [0, 0.05) is 6.07 Å². The van der Waals surface area contributed by atoms with E-state index in [0.717, 1.165) is 5.56 Å². The molecule has 0 atom stereocenters. The SMILES string of the molecule is CC(C)(C)c1ccc(/C=C2\Oc3cc(OC(=O)c4ccccc4Cl)ccc3C2=O)cc1. The average Bonchev–Trinajstić information content (AvgIpc) is 3.02. The van der Waals surface area contributed by atoms with Crippen molar-refractivity contribution in [3.05, 3.63) is 99.8 Å². The minimum atomic E-state index is -0.579. The van der Waals surface area contributed by atoms with Crippen molar-refractivity contribution in [2.75, 3.05) is 0 Å². The van der Waals surface area contributed by atoms with Gasteiger partial charge in [0.1, 0.15) is 11.5 Å². The van der Waals surface area contributed by atoms with Crippen molar-refractivity contribution in [1.29, 1.82) is 0 Å². The molecule has 0 fully saturated rings. The molecular formula is C26H21ClO4. The fourth-order valence-electron chi connectivity index (χ4n) is 3.25. The zero-order valence-electron chi connectivity index (χ0n) is 17.4. The van der Waals surface area contributed by atoms with Crippen molar-refractivity contribution >= 4 is 29.4 Å². The Hall–Kier alpha value is -3.37. The predicted octanol–water partition coefficient (Wildman–Crippen LogP) is 6.47. The maximum absolute atomic E-state index is 12.7. The highest BCUT2D eigenvalue weighted by Crippen LogP contribution is 2.35. The molecule has 31 heavy (non-hydrogen) atoms. The molecule has 0 saturated heterocycles. The summed E-state index contributed by atoms with van der Waals surface area (Å²) in [5.74, 6) is 0.0656. The van der Waals surface area contributed by atoms with Crippen LogP contribution in [0.15, 0.2) is 72.5 Å². The van der Waals surface area contributed by atoms with Crippen LogP contribution >= 0.6 is 11.6 Å². The fourth-order valence-corrected chi connectivity index (χ4v) is 3.46. The minimum Gasteiger partial charge on any atom is -0.452 e. The van der Waals surface area contributed by atoms with Gasteiger partial charge >= 0.3 is 5.97 Å². The highest BCUT2D eigenvalue weighted by Gasteiger charge is 2.28. The number of esters is 1. The van der Waals surface area contributed by atoms with Crippen LogP contribution in [0.25, 0.3) is 6.08 Å². The van der Waals surface area contributed by atoms with Crippen molar-refractivity contribution < 1.29 is 19.1 Å². The number of carbonyl (C=O) groups excluding carboxylic acids is 2. The van der Waals surface area contributed by atoms with Crippen molar-refractivity contribution in [3.63, 3.8) is 0 Å². The number of hydrogen-bond donors (Lipinski definition) is 0. The number of allylic oxidation sites excluding steroid dienone is 1. The van der Waals surface area contributed by atoms with Crippen LogP contribution in [-0.4, -0.2) is 11.8 Å². The Labute approximate surface area is 186 Å². The summed E-state index contributed by atoms with van der Waals surface area (Å²) in [6.45, 7) is 6.45. The molecule has 0 saturated carbocycles. The molecule has 4 rings (SSSR count).